The van der Waals surface area contributed by atoms with Gasteiger partial charge < -0.3 is 10.1 Å². The zero-order valence-corrected chi connectivity index (χ0v) is 16.1. The number of ether oxygens (including phenoxy) is 1. The molecule has 0 aliphatic heterocycles. The fourth-order valence-corrected chi connectivity index (χ4v) is 2.46. The third kappa shape index (κ3) is 9.50. The zero-order valence-electron chi connectivity index (χ0n) is 16.1. The Morgan fingerprint density at radius 3 is 2.50 bits per heavy atom. The van der Waals surface area contributed by atoms with Crippen LogP contribution in [0.25, 0.3) is 0 Å². The van der Waals surface area contributed by atoms with Crippen molar-refractivity contribution in [3.05, 3.63) is 12.2 Å². The van der Waals surface area contributed by atoms with Crippen LogP contribution >= 0.6 is 0 Å². The van der Waals surface area contributed by atoms with Crippen molar-refractivity contribution in [3.63, 3.8) is 0 Å². The van der Waals surface area contributed by atoms with Gasteiger partial charge in [-0.25, -0.2) is 9.78 Å². The number of aromatic amines is 1. The van der Waals surface area contributed by atoms with Gasteiger partial charge >= 0.3 is 6.09 Å². The molecule has 0 aromatic carbocycles. The minimum absolute atomic E-state index is 0.0667. The first-order valence-electron chi connectivity index (χ1n) is 8.47. The molecule has 1 unspecified atom stereocenters. The van der Waals surface area contributed by atoms with Gasteiger partial charge in [-0.3, -0.25) is 10.00 Å². The van der Waals surface area contributed by atoms with E-state index in [9.17, 15) is 4.79 Å². The highest BCUT2D eigenvalue weighted by Gasteiger charge is 2.23. The summed E-state index contributed by atoms with van der Waals surface area (Å²) in [6, 6.07) is 0.0667. The number of hydrogen-bond acceptors (Lipinski definition) is 5. The minimum atomic E-state index is -0.487. The number of rotatable bonds is 7. The quantitative estimate of drug-likeness (QED) is 0.798. The van der Waals surface area contributed by atoms with E-state index in [1.54, 1.807) is 0 Å². The molecule has 138 valence electrons. The molecule has 1 aromatic heterocycles. The summed E-state index contributed by atoms with van der Waals surface area (Å²) in [4.78, 5) is 18.4. The molecule has 0 bridgehead atoms. The monoisotopic (exact) mass is 339 g/mol. The number of nitrogens with one attached hydrogen (secondary N) is 2. The SMILES string of the molecule is CN(CCC(CC(C)(C)C)NC(=O)OC(C)(C)C)Cc1ncn[nH]1. The number of amides is 1. The van der Waals surface area contributed by atoms with Crippen LogP contribution in [0.3, 0.4) is 0 Å². The summed E-state index contributed by atoms with van der Waals surface area (Å²) in [7, 11) is 2.03. The fraction of sp³-hybridized carbons (Fsp3) is 0.824. The fourth-order valence-electron chi connectivity index (χ4n) is 2.46. The summed E-state index contributed by atoms with van der Waals surface area (Å²) in [6.45, 7) is 13.7. The van der Waals surface area contributed by atoms with Gasteiger partial charge in [0.2, 0.25) is 0 Å². The van der Waals surface area contributed by atoms with Crippen molar-refractivity contribution in [3.8, 4) is 0 Å². The lowest BCUT2D eigenvalue weighted by atomic mass is 9.87. The van der Waals surface area contributed by atoms with E-state index >= 15 is 0 Å². The lowest BCUT2D eigenvalue weighted by Crippen LogP contribution is -2.42. The second-order valence-electron chi connectivity index (χ2n) is 8.57. The molecule has 0 aliphatic rings. The summed E-state index contributed by atoms with van der Waals surface area (Å²) in [5, 5.41) is 9.74. The van der Waals surface area contributed by atoms with Crippen LogP contribution in [-0.4, -0.2) is 51.4 Å². The Balaban J connectivity index is 2.53. The second-order valence-corrected chi connectivity index (χ2v) is 8.57. The molecule has 0 radical (unpaired) electrons. The van der Waals surface area contributed by atoms with Gasteiger partial charge in [0.25, 0.3) is 0 Å². The highest BCUT2D eigenvalue weighted by Crippen LogP contribution is 2.22. The molecule has 1 aromatic rings. The molecule has 24 heavy (non-hydrogen) atoms. The van der Waals surface area contributed by atoms with Crippen molar-refractivity contribution in [2.45, 2.75) is 72.6 Å². The molecule has 7 heteroatoms. The molecule has 0 spiro atoms. The lowest BCUT2D eigenvalue weighted by Gasteiger charge is -2.29. The van der Waals surface area contributed by atoms with Crippen molar-refractivity contribution in [1.82, 2.24) is 25.4 Å². The van der Waals surface area contributed by atoms with E-state index in [4.69, 9.17) is 4.74 Å². The molecule has 0 aliphatic carbocycles. The molecular weight excluding hydrogens is 306 g/mol. The first-order valence-corrected chi connectivity index (χ1v) is 8.47. The van der Waals surface area contributed by atoms with E-state index in [0.717, 1.165) is 25.2 Å². The smallest absolute Gasteiger partial charge is 0.407 e. The second kappa shape index (κ2) is 8.46. The molecule has 0 saturated heterocycles. The number of carbonyl (C=O) groups is 1. The van der Waals surface area contributed by atoms with Crippen LogP contribution < -0.4 is 5.32 Å². The Morgan fingerprint density at radius 2 is 2.00 bits per heavy atom. The minimum Gasteiger partial charge on any atom is -0.444 e. The van der Waals surface area contributed by atoms with E-state index < -0.39 is 5.60 Å². The Hall–Kier alpha value is -1.63. The highest BCUT2D eigenvalue weighted by molar-refractivity contribution is 5.68. The lowest BCUT2D eigenvalue weighted by molar-refractivity contribution is 0.0486. The Morgan fingerprint density at radius 1 is 1.33 bits per heavy atom. The summed E-state index contributed by atoms with van der Waals surface area (Å²) in [5.41, 5.74) is -0.359. The maximum atomic E-state index is 12.1. The van der Waals surface area contributed by atoms with Crippen LogP contribution in [0.4, 0.5) is 4.79 Å². The number of hydrogen-bond donors (Lipinski definition) is 2. The van der Waals surface area contributed by atoms with Gasteiger partial charge in [0.15, 0.2) is 0 Å². The molecule has 1 rings (SSSR count). The van der Waals surface area contributed by atoms with Crippen LogP contribution in [0.2, 0.25) is 0 Å². The number of alkyl carbamates (subject to hydrolysis) is 1. The highest BCUT2D eigenvalue weighted by atomic mass is 16.6. The third-order valence-electron chi connectivity index (χ3n) is 3.32. The van der Waals surface area contributed by atoms with Gasteiger partial charge in [-0.2, -0.15) is 5.10 Å². The van der Waals surface area contributed by atoms with Crippen molar-refractivity contribution in [2.24, 2.45) is 5.41 Å². The maximum Gasteiger partial charge on any atom is 0.407 e. The van der Waals surface area contributed by atoms with Crippen molar-refractivity contribution in [1.29, 1.82) is 0 Å². The largest absolute Gasteiger partial charge is 0.444 e. The number of aromatic nitrogens is 3. The van der Waals surface area contributed by atoms with Gasteiger partial charge in [-0.05, 0) is 46.1 Å². The number of nitrogens with zero attached hydrogens (tertiary/aromatic N) is 3. The van der Waals surface area contributed by atoms with Gasteiger partial charge in [0.1, 0.15) is 17.8 Å². The van der Waals surface area contributed by atoms with Gasteiger partial charge in [0, 0.05) is 12.6 Å². The average molecular weight is 339 g/mol. The van der Waals surface area contributed by atoms with Gasteiger partial charge in [0.05, 0.1) is 6.54 Å². The topological polar surface area (TPSA) is 83.1 Å². The predicted octanol–water partition coefficient (Wildman–Crippen LogP) is 2.96. The van der Waals surface area contributed by atoms with Gasteiger partial charge in [-0.15, -0.1) is 0 Å². The molecule has 0 saturated carbocycles. The van der Waals surface area contributed by atoms with E-state index in [-0.39, 0.29) is 17.6 Å². The normalized spacial score (nSPS) is 13.8. The molecule has 1 amide bonds. The predicted molar refractivity (Wildman–Crippen MR) is 94.6 cm³/mol. The zero-order chi connectivity index (χ0) is 18.4. The van der Waals surface area contributed by atoms with Crippen molar-refractivity contribution < 1.29 is 9.53 Å². The van der Waals surface area contributed by atoms with E-state index in [1.165, 1.54) is 6.33 Å². The number of carbonyl (C=O) groups excluding carboxylic acids is 1. The first kappa shape index (κ1) is 20.4. The summed E-state index contributed by atoms with van der Waals surface area (Å²) in [6.07, 6.45) is 2.90. The third-order valence-corrected chi connectivity index (χ3v) is 3.32. The van der Waals surface area contributed by atoms with E-state index in [0.29, 0.717) is 6.54 Å². The molecular formula is C17H33N5O2. The maximum absolute atomic E-state index is 12.1. The first-order chi connectivity index (χ1) is 10.9. The van der Waals surface area contributed by atoms with E-state index in [2.05, 4.69) is 46.2 Å². The molecule has 0 fully saturated rings. The van der Waals surface area contributed by atoms with Crippen molar-refractivity contribution >= 4 is 6.09 Å². The van der Waals surface area contributed by atoms with Crippen LogP contribution in [0.15, 0.2) is 6.33 Å². The summed E-state index contributed by atoms with van der Waals surface area (Å²) < 4.78 is 5.39. The Labute approximate surface area is 145 Å². The summed E-state index contributed by atoms with van der Waals surface area (Å²) >= 11 is 0. The Bertz CT molecular complexity index is 488. The standard InChI is InChI=1S/C17H33N5O2/c1-16(2,3)10-13(20-15(23)24-17(4,5)6)8-9-22(7)11-14-18-12-19-21-14/h12-13H,8-11H2,1-7H3,(H,20,23)(H,18,19,21). The number of H-pyrrole nitrogens is 1. The van der Waals surface area contributed by atoms with Gasteiger partial charge in [-0.1, -0.05) is 20.8 Å². The van der Waals surface area contributed by atoms with Crippen LogP contribution in [0.5, 0.6) is 0 Å². The average Bonchev–Trinajstić information content (AvgIpc) is 2.84. The van der Waals surface area contributed by atoms with Crippen molar-refractivity contribution in [2.75, 3.05) is 13.6 Å². The molecule has 2 N–H and O–H groups in total. The molecule has 1 atom stereocenters. The van der Waals surface area contributed by atoms with E-state index in [1.807, 2.05) is 27.8 Å². The summed E-state index contributed by atoms with van der Waals surface area (Å²) in [5.74, 6) is 0.838. The molecule has 1 heterocycles. The molecule has 7 nitrogen and oxygen atoms in total. The Kier molecular flexibility index (Phi) is 7.20. The van der Waals surface area contributed by atoms with Crippen LogP contribution in [0, 0.1) is 5.41 Å². The van der Waals surface area contributed by atoms with Crippen LogP contribution in [0.1, 0.15) is 60.2 Å². The van der Waals surface area contributed by atoms with Crippen LogP contribution in [-0.2, 0) is 11.3 Å².